The molecule has 0 N–H and O–H groups in total. The molecule has 2 heterocycles. The molecular weight excluding hydrogens is 303 g/mol. The van der Waals surface area contributed by atoms with Crippen LogP contribution in [0.3, 0.4) is 0 Å². The van der Waals surface area contributed by atoms with Crippen LogP contribution in [0.25, 0.3) is 10.1 Å². The Labute approximate surface area is 124 Å². The predicted octanol–water partition coefficient (Wildman–Crippen LogP) is 6.25. The standard InChI is InChI=1S/C14H10Cl2S2/c1-8-6-18-14(12(8)15)13(16)10-7-17-11-5-3-2-4-9(10)11/h2-7,13H,1H3. The van der Waals surface area contributed by atoms with Crippen LogP contribution in [0, 0.1) is 6.92 Å². The molecule has 92 valence electrons. The SMILES string of the molecule is Cc1csc(C(Cl)c2csc3ccccc23)c1Cl. The Bertz CT molecular complexity index is 697. The highest BCUT2D eigenvalue weighted by molar-refractivity contribution is 7.17. The van der Waals surface area contributed by atoms with Gasteiger partial charge in [0.1, 0.15) is 0 Å². The summed E-state index contributed by atoms with van der Waals surface area (Å²) in [5.74, 6) is 0. The number of hydrogen-bond donors (Lipinski definition) is 0. The Morgan fingerprint density at radius 2 is 1.89 bits per heavy atom. The molecule has 0 aliphatic rings. The van der Waals surface area contributed by atoms with Crippen LogP contribution in [0.2, 0.25) is 5.02 Å². The fourth-order valence-corrected chi connectivity index (χ4v) is 4.81. The van der Waals surface area contributed by atoms with Crippen molar-refractivity contribution in [3.05, 3.63) is 56.1 Å². The minimum Gasteiger partial charge on any atom is -0.145 e. The van der Waals surface area contributed by atoms with E-state index in [1.807, 2.05) is 19.1 Å². The molecule has 1 unspecified atom stereocenters. The van der Waals surface area contributed by atoms with Crippen LogP contribution in [0.5, 0.6) is 0 Å². The van der Waals surface area contributed by atoms with Crippen LogP contribution >= 0.6 is 45.9 Å². The summed E-state index contributed by atoms with van der Waals surface area (Å²) in [6.45, 7) is 2.01. The summed E-state index contributed by atoms with van der Waals surface area (Å²) in [7, 11) is 0. The molecule has 1 atom stereocenters. The first kappa shape index (κ1) is 12.5. The van der Waals surface area contributed by atoms with Gasteiger partial charge in [-0.1, -0.05) is 29.8 Å². The summed E-state index contributed by atoms with van der Waals surface area (Å²) in [4.78, 5) is 1.04. The van der Waals surface area contributed by atoms with Crippen molar-refractivity contribution in [1.29, 1.82) is 0 Å². The third-order valence-corrected chi connectivity index (χ3v) is 6.28. The molecule has 0 nitrogen and oxygen atoms in total. The molecule has 18 heavy (non-hydrogen) atoms. The fraction of sp³-hybridized carbons (Fsp3) is 0.143. The first-order chi connectivity index (χ1) is 8.68. The molecule has 3 rings (SSSR count). The molecule has 0 saturated heterocycles. The normalized spacial score (nSPS) is 13.1. The second kappa shape index (κ2) is 4.86. The summed E-state index contributed by atoms with van der Waals surface area (Å²) in [5.41, 5.74) is 2.25. The van der Waals surface area contributed by atoms with Crippen LogP contribution in [0.15, 0.2) is 35.0 Å². The molecule has 0 spiro atoms. The van der Waals surface area contributed by atoms with Gasteiger partial charge in [-0.05, 0) is 40.3 Å². The van der Waals surface area contributed by atoms with Crippen LogP contribution in [0.4, 0.5) is 0 Å². The topological polar surface area (TPSA) is 0 Å². The number of thiophene rings is 2. The number of rotatable bonds is 2. The lowest BCUT2D eigenvalue weighted by Gasteiger charge is -2.07. The van der Waals surface area contributed by atoms with Crippen LogP contribution < -0.4 is 0 Å². The van der Waals surface area contributed by atoms with Crippen LogP contribution in [0.1, 0.15) is 21.4 Å². The first-order valence-electron chi connectivity index (χ1n) is 5.52. The number of alkyl halides is 1. The lowest BCUT2D eigenvalue weighted by molar-refractivity contribution is 1.22. The second-order valence-electron chi connectivity index (χ2n) is 4.15. The van der Waals surface area contributed by atoms with Gasteiger partial charge in [0, 0.05) is 9.58 Å². The number of hydrogen-bond acceptors (Lipinski definition) is 2. The van der Waals surface area contributed by atoms with Gasteiger partial charge in [0.25, 0.3) is 0 Å². The van der Waals surface area contributed by atoms with E-state index < -0.39 is 0 Å². The Hall–Kier alpha value is -0.540. The number of benzene rings is 1. The Balaban J connectivity index is 2.12. The quantitative estimate of drug-likeness (QED) is 0.490. The number of aryl methyl sites for hydroxylation is 1. The summed E-state index contributed by atoms with van der Waals surface area (Å²) < 4.78 is 1.27. The lowest BCUT2D eigenvalue weighted by atomic mass is 10.1. The highest BCUT2D eigenvalue weighted by atomic mass is 35.5. The van der Waals surface area contributed by atoms with Crippen LogP contribution in [-0.4, -0.2) is 0 Å². The third kappa shape index (κ3) is 1.97. The van der Waals surface area contributed by atoms with E-state index in [-0.39, 0.29) is 5.38 Å². The molecule has 2 aromatic heterocycles. The summed E-state index contributed by atoms with van der Waals surface area (Å²) in [6.07, 6.45) is 0. The van der Waals surface area contributed by atoms with E-state index in [4.69, 9.17) is 23.2 Å². The predicted molar refractivity (Wildman–Crippen MR) is 83.6 cm³/mol. The van der Waals surface area contributed by atoms with Crippen molar-refractivity contribution in [1.82, 2.24) is 0 Å². The largest absolute Gasteiger partial charge is 0.145 e. The van der Waals surface area contributed by atoms with E-state index in [2.05, 4.69) is 22.9 Å². The molecule has 4 heteroatoms. The van der Waals surface area contributed by atoms with Gasteiger partial charge in [-0.25, -0.2) is 0 Å². The smallest absolute Gasteiger partial charge is 0.0956 e. The van der Waals surface area contributed by atoms with Crippen LogP contribution in [-0.2, 0) is 0 Å². The molecule has 0 fully saturated rings. The van der Waals surface area contributed by atoms with Crippen molar-refractivity contribution >= 4 is 56.0 Å². The second-order valence-corrected chi connectivity index (χ2v) is 6.78. The Kier molecular flexibility index (Phi) is 3.37. The lowest BCUT2D eigenvalue weighted by Crippen LogP contribution is -1.89. The Morgan fingerprint density at radius 1 is 1.11 bits per heavy atom. The zero-order valence-electron chi connectivity index (χ0n) is 9.61. The van der Waals surface area contributed by atoms with Gasteiger partial charge >= 0.3 is 0 Å². The molecule has 0 radical (unpaired) electrons. The van der Waals surface area contributed by atoms with Crippen molar-refractivity contribution in [2.24, 2.45) is 0 Å². The van der Waals surface area contributed by atoms with Crippen molar-refractivity contribution in [2.45, 2.75) is 12.3 Å². The van der Waals surface area contributed by atoms with Crippen molar-refractivity contribution in [3.8, 4) is 0 Å². The monoisotopic (exact) mass is 312 g/mol. The molecular formula is C14H10Cl2S2. The fourth-order valence-electron chi connectivity index (χ4n) is 1.96. The molecule has 0 aliphatic heterocycles. The van der Waals surface area contributed by atoms with Gasteiger partial charge < -0.3 is 0 Å². The van der Waals surface area contributed by atoms with E-state index in [1.54, 1.807) is 22.7 Å². The van der Waals surface area contributed by atoms with Crippen molar-refractivity contribution in [2.75, 3.05) is 0 Å². The van der Waals surface area contributed by atoms with Crippen molar-refractivity contribution < 1.29 is 0 Å². The van der Waals surface area contributed by atoms with Gasteiger partial charge in [0.2, 0.25) is 0 Å². The molecule has 0 amide bonds. The average Bonchev–Trinajstić information content (AvgIpc) is 2.94. The molecule has 3 aromatic rings. The molecule has 0 bridgehead atoms. The maximum absolute atomic E-state index is 6.60. The number of fused-ring (bicyclic) bond motifs is 1. The zero-order chi connectivity index (χ0) is 12.7. The first-order valence-corrected chi connectivity index (χ1v) is 8.09. The maximum atomic E-state index is 6.60. The van der Waals surface area contributed by atoms with E-state index in [1.165, 1.54) is 10.1 Å². The molecule has 1 aromatic carbocycles. The average molecular weight is 313 g/mol. The molecule has 0 aliphatic carbocycles. The third-order valence-electron chi connectivity index (χ3n) is 2.94. The summed E-state index contributed by atoms with van der Waals surface area (Å²) >= 11 is 16.3. The highest BCUT2D eigenvalue weighted by Crippen LogP contribution is 2.43. The minimum absolute atomic E-state index is 0.160. The van der Waals surface area contributed by atoms with Gasteiger partial charge in [0.05, 0.1) is 10.4 Å². The Morgan fingerprint density at radius 3 is 2.61 bits per heavy atom. The van der Waals surface area contributed by atoms with E-state index in [9.17, 15) is 0 Å². The molecule has 0 saturated carbocycles. The maximum Gasteiger partial charge on any atom is 0.0956 e. The van der Waals surface area contributed by atoms with Gasteiger partial charge in [0.15, 0.2) is 0 Å². The van der Waals surface area contributed by atoms with E-state index >= 15 is 0 Å². The van der Waals surface area contributed by atoms with Gasteiger partial charge in [-0.3, -0.25) is 0 Å². The summed E-state index contributed by atoms with van der Waals surface area (Å²) in [6, 6.07) is 8.33. The number of halogens is 2. The van der Waals surface area contributed by atoms with E-state index in [0.29, 0.717) is 0 Å². The van der Waals surface area contributed by atoms with Crippen molar-refractivity contribution in [3.63, 3.8) is 0 Å². The van der Waals surface area contributed by atoms with E-state index in [0.717, 1.165) is 21.0 Å². The summed E-state index contributed by atoms with van der Waals surface area (Å²) in [5, 5.41) is 6.06. The van der Waals surface area contributed by atoms with Gasteiger partial charge in [-0.15, -0.1) is 34.3 Å². The minimum atomic E-state index is -0.160. The highest BCUT2D eigenvalue weighted by Gasteiger charge is 2.20. The zero-order valence-corrected chi connectivity index (χ0v) is 12.8. The van der Waals surface area contributed by atoms with Gasteiger partial charge in [-0.2, -0.15) is 0 Å².